The average Bonchev–Trinajstić information content (AvgIpc) is 2.69. The van der Waals surface area contributed by atoms with Crippen LogP contribution in [0.2, 0.25) is 0 Å². The Hall–Kier alpha value is -2.95. The minimum atomic E-state index is -1.99. The van der Waals surface area contributed by atoms with E-state index in [2.05, 4.69) is 5.43 Å². The van der Waals surface area contributed by atoms with Crippen LogP contribution in [0.1, 0.15) is 49.5 Å². The van der Waals surface area contributed by atoms with Crippen molar-refractivity contribution in [3.05, 3.63) is 50.5 Å². The van der Waals surface area contributed by atoms with Gasteiger partial charge in [0.25, 0.3) is 0 Å². The molecule has 0 aliphatic heterocycles. The molecule has 30 heavy (non-hydrogen) atoms. The summed E-state index contributed by atoms with van der Waals surface area (Å²) >= 11 is 0. The number of hydrogen-bond donors (Lipinski definition) is 1. The third kappa shape index (κ3) is 5.56. The molecule has 0 heterocycles. The average molecular weight is 431 g/mol. The van der Waals surface area contributed by atoms with E-state index in [9.17, 15) is 32.9 Å². The number of hydrazine groups is 1. The van der Waals surface area contributed by atoms with Crippen molar-refractivity contribution in [2.24, 2.45) is 0 Å². The van der Waals surface area contributed by atoms with Crippen molar-refractivity contribution in [1.29, 1.82) is 0 Å². The van der Waals surface area contributed by atoms with Crippen LogP contribution in [0.4, 0.5) is 18.9 Å². The van der Waals surface area contributed by atoms with Crippen LogP contribution in [0.25, 0.3) is 0 Å². The molecule has 0 fully saturated rings. The lowest BCUT2D eigenvalue weighted by Gasteiger charge is -2.21. The zero-order valence-corrected chi connectivity index (χ0v) is 17.2. The Morgan fingerprint density at radius 1 is 1.10 bits per heavy atom. The number of hydrogen-bond acceptors (Lipinski definition) is 7. The molecule has 1 rings (SSSR count). The van der Waals surface area contributed by atoms with Gasteiger partial charge >= 0.3 is 11.7 Å². The molecule has 0 saturated heterocycles. The monoisotopic (exact) mass is 431 g/mol. The lowest BCUT2D eigenvalue weighted by Crippen LogP contribution is -2.37. The first kappa shape index (κ1) is 25.1. The van der Waals surface area contributed by atoms with Crippen molar-refractivity contribution in [2.75, 3.05) is 19.7 Å². The van der Waals surface area contributed by atoms with E-state index < -0.39 is 56.5 Å². The van der Waals surface area contributed by atoms with Crippen LogP contribution in [-0.2, 0) is 9.53 Å². The highest BCUT2D eigenvalue weighted by Gasteiger charge is 2.37. The molecule has 1 N–H and O–H groups in total. The van der Waals surface area contributed by atoms with Crippen LogP contribution in [0.15, 0.2) is 11.8 Å². The first-order chi connectivity index (χ1) is 14.1. The molecule has 0 spiro atoms. The third-order valence-electron chi connectivity index (χ3n) is 4.04. The van der Waals surface area contributed by atoms with Gasteiger partial charge in [-0.15, -0.1) is 0 Å². The maximum Gasteiger partial charge on any atom is 0.343 e. The van der Waals surface area contributed by atoms with Crippen LogP contribution in [0.3, 0.4) is 0 Å². The minimum absolute atomic E-state index is 0.140. The van der Waals surface area contributed by atoms with Gasteiger partial charge in [-0.3, -0.25) is 14.9 Å². The van der Waals surface area contributed by atoms with Crippen molar-refractivity contribution in [3.8, 4) is 0 Å². The molecule has 0 radical (unpaired) electrons. The Morgan fingerprint density at radius 3 is 2.13 bits per heavy atom. The zero-order valence-electron chi connectivity index (χ0n) is 17.2. The summed E-state index contributed by atoms with van der Waals surface area (Å²) in [6.07, 6.45) is 2.38. The molecular formula is C19H24F3N3O5. The summed E-state index contributed by atoms with van der Waals surface area (Å²) in [4.78, 5) is 35.0. The summed E-state index contributed by atoms with van der Waals surface area (Å²) in [5, 5.41) is 12.9. The lowest BCUT2D eigenvalue weighted by atomic mass is 9.98. The molecule has 166 valence electrons. The van der Waals surface area contributed by atoms with E-state index in [0.29, 0.717) is 13.1 Å². The summed E-state index contributed by atoms with van der Waals surface area (Å²) in [6, 6.07) is 0. The topological polar surface area (TPSA) is 102 Å². The number of ether oxygens (including phenoxy) is 1. The first-order valence-electron chi connectivity index (χ1n) is 9.36. The molecule has 11 heteroatoms. The number of benzene rings is 1. The number of carbonyl (C=O) groups excluding carboxylic acids is 2. The molecule has 8 nitrogen and oxygen atoms in total. The number of nitro groups is 1. The Labute approximate surface area is 171 Å². The van der Waals surface area contributed by atoms with Gasteiger partial charge in [0.1, 0.15) is 17.0 Å². The number of nitrogens with one attached hydrogen (secondary N) is 1. The molecule has 1 aromatic rings. The molecule has 0 saturated carbocycles. The molecule has 1 aromatic carbocycles. The van der Waals surface area contributed by atoms with E-state index >= 15 is 0 Å². The van der Waals surface area contributed by atoms with E-state index in [-0.39, 0.29) is 6.61 Å². The number of Topliss-reactive ketones (excluding diaryl/α,β-unsaturated/α-hetero) is 1. The van der Waals surface area contributed by atoms with E-state index in [1.54, 1.807) is 5.01 Å². The highest BCUT2D eigenvalue weighted by atomic mass is 19.2. The summed E-state index contributed by atoms with van der Waals surface area (Å²) in [5.41, 5.74) is -2.04. The number of rotatable bonds is 11. The maximum atomic E-state index is 14.6. The first-order valence-corrected chi connectivity index (χ1v) is 9.36. The van der Waals surface area contributed by atoms with Crippen molar-refractivity contribution < 1.29 is 32.4 Å². The van der Waals surface area contributed by atoms with Gasteiger partial charge < -0.3 is 10.2 Å². The molecule has 0 aromatic heterocycles. The lowest BCUT2D eigenvalue weighted by molar-refractivity contribution is -0.388. The maximum absolute atomic E-state index is 14.6. The summed E-state index contributed by atoms with van der Waals surface area (Å²) in [7, 11) is 0. The minimum Gasteiger partial charge on any atom is -0.462 e. The van der Waals surface area contributed by atoms with Crippen molar-refractivity contribution in [2.45, 2.75) is 40.5 Å². The molecular weight excluding hydrogens is 407 g/mol. The molecule has 0 amide bonds. The fourth-order valence-electron chi connectivity index (χ4n) is 2.64. The molecule has 0 aliphatic rings. The Bertz CT molecular complexity index is 853. The predicted molar refractivity (Wildman–Crippen MR) is 102 cm³/mol. The van der Waals surface area contributed by atoms with Gasteiger partial charge in [-0.25, -0.2) is 18.6 Å². The number of esters is 1. The number of nitrogens with zero attached hydrogens (tertiary/aromatic N) is 2. The third-order valence-corrected chi connectivity index (χ3v) is 4.04. The van der Waals surface area contributed by atoms with Gasteiger partial charge in [-0.1, -0.05) is 13.8 Å². The summed E-state index contributed by atoms with van der Waals surface area (Å²) in [6.45, 7) is 7.00. The fourth-order valence-corrected chi connectivity index (χ4v) is 2.64. The fraction of sp³-hybridized carbons (Fsp3) is 0.474. The van der Waals surface area contributed by atoms with Gasteiger partial charge in [-0.2, -0.15) is 4.39 Å². The normalized spacial score (nSPS) is 11.5. The van der Waals surface area contributed by atoms with Crippen LogP contribution in [0, 0.1) is 34.5 Å². The standard InChI is InChI=1S/C19H24F3N3O5/c1-5-8-24(9-6-2)23-10-12(19(27)30-7-3)18(26)13-14(20)11(4)15(21)16(22)17(13)25(28)29/h10,23H,5-9H2,1-4H3/b12-10+. The van der Waals surface area contributed by atoms with E-state index in [4.69, 9.17) is 4.74 Å². The summed E-state index contributed by atoms with van der Waals surface area (Å²) < 4.78 is 47.3. The summed E-state index contributed by atoms with van der Waals surface area (Å²) in [5.74, 6) is -8.09. The SMILES string of the molecule is CCCN(CCC)N/C=C(/C(=O)OCC)C(=O)c1c(F)c(C)c(F)c(F)c1[N+](=O)[O-]. The second-order valence-electron chi connectivity index (χ2n) is 6.27. The van der Waals surface area contributed by atoms with Crippen molar-refractivity contribution in [3.63, 3.8) is 0 Å². The number of carbonyl (C=O) groups is 2. The van der Waals surface area contributed by atoms with E-state index in [1.807, 2.05) is 13.8 Å². The number of ketones is 1. The quantitative estimate of drug-likeness (QED) is 0.0835. The van der Waals surface area contributed by atoms with Gasteiger partial charge in [0, 0.05) is 24.9 Å². The van der Waals surface area contributed by atoms with E-state index in [0.717, 1.165) is 26.0 Å². The number of halogens is 3. The second-order valence-corrected chi connectivity index (χ2v) is 6.27. The highest BCUT2D eigenvalue weighted by Crippen LogP contribution is 2.32. The largest absolute Gasteiger partial charge is 0.462 e. The van der Waals surface area contributed by atoms with Crippen molar-refractivity contribution >= 4 is 17.4 Å². The molecule has 0 bridgehead atoms. The smallest absolute Gasteiger partial charge is 0.343 e. The van der Waals surface area contributed by atoms with Gasteiger partial charge in [0.05, 0.1) is 11.5 Å². The Kier molecular flexibility index (Phi) is 9.44. The van der Waals surface area contributed by atoms with Crippen LogP contribution in [-0.4, -0.2) is 41.4 Å². The van der Waals surface area contributed by atoms with Crippen LogP contribution in [0.5, 0.6) is 0 Å². The second kappa shape index (κ2) is 11.3. The molecule has 0 unspecified atom stereocenters. The van der Waals surface area contributed by atoms with Gasteiger partial charge in [0.2, 0.25) is 11.6 Å². The van der Waals surface area contributed by atoms with Crippen molar-refractivity contribution in [1.82, 2.24) is 10.4 Å². The Balaban J connectivity index is 3.60. The van der Waals surface area contributed by atoms with Crippen LogP contribution >= 0.6 is 0 Å². The molecule has 0 aliphatic carbocycles. The highest BCUT2D eigenvalue weighted by molar-refractivity contribution is 6.25. The van der Waals surface area contributed by atoms with Crippen LogP contribution < -0.4 is 5.43 Å². The van der Waals surface area contributed by atoms with E-state index in [1.165, 1.54) is 6.92 Å². The molecule has 0 atom stereocenters. The predicted octanol–water partition coefficient (Wildman–Crippen LogP) is 3.58. The van der Waals surface area contributed by atoms with Gasteiger partial charge in [0.15, 0.2) is 5.82 Å². The Morgan fingerprint density at radius 2 is 1.67 bits per heavy atom. The zero-order chi connectivity index (χ0) is 23.0. The number of nitro benzene ring substituents is 1. The van der Waals surface area contributed by atoms with Gasteiger partial charge in [-0.05, 0) is 26.7 Å².